The first-order valence-corrected chi connectivity index (χ1v) is 7.88. The number of nitrogens with zero attached hydrogens (tertiary/aromatic N) is 2. The molecule has 0 saturated carbocycles. The van der Waals surface area contributed by atoms with Crippen LogP contribution in [0.25, 0.3) is 0 Å². The number of H-pyrrole nitrogens is 1. The minimum Gasteiger partial charge on any atom is -0.356 e. The molecule has 0 spiro atoms. The zero-order chi connectivity index (χ0) is 17.1. The number of benzene rings is 1. The van der Waals surface area contributed by atoms with Crippen molar-refractivity contribution in [1.29, 1.82) is 5.26 Å². The van der Waals surface area contributed by atoms with Crippen LogP contribution < -0.4 is 5.32 Å². The summed E-state index contributed by atoms with van der Waals surface area (Å²) in [6.07, 6.45) is 3.60. The molecule has 1 aliphatic heterocycles. The second kappa shape index (κ2) is 6.59. The summed E-state index contributed by atoms with van der Waals surface area (Å²) in [5, 5.41) is 11.6. The summed E-state index contributed by atoms with van der Waals surface area (Å²) in [5.74, 6) is -0.283. The number of hydrogen-bond donors (Lipinski definition) is 2. The van der Waals surface area contributed by atoms with Crippen molar-refractivity contribution in [2.45, 2.75) is 19.8 Å². The number of likely N-dealkylation sites (tertiary alicyclic amines) is 1. The van der Waals surface area contributed by atoms with E-state index in [-0.39, 0.29) is 11.8 Å². The van der Waals surface area contributed by atoms with E-state index in [0.29, 0.717) is 22.5 Å². The number of amides is 2. The van der Waals surface area contributed by atoms with Crippen LogP contribution in [0, 0.1) is 18.3 Å². The molecule has 2 aromatic rings. The van der Waals surface area contributed by atoms with Crippen molar-refractivity contribution in [2.24, 2.45) is 0 Å². The zero-order valence-corrected chi connectivity index (χ0v) is 13.4. The molecular formula is C18H18N4O2. The van der Waals surface area contributed by atoms with E-state index in [1.165, 1.54) is 12.3 Å². The number of rotatable bonds is 3. The Hall–Kier alpha value is -3.07. The van der Waals surface area contributed by atoms with E-state index in [1.807, 2.05) is 17.9 Å². The SMILES string of the molecule is Cc1cc(C(=O)N2CCCC2)ccc1NC(=O)c1cc(C#N)c[nH]1. The standard InChI is InChI=1S/C18H18N4O2/c1-12-8-14(18(24)22-6-2-3-7-22)4-5-15(12)21-17(23)16-9-13(10-19)11-20-16/h4-5,8-9,11,20H,2-3,6-7H2,1H3,(H,21,23). The summed E-state index contributed by atoms with van der Waals surface area (Å²) in [7, 11) is 0. The molecule has 1 aromatic heterocycles. The van der Waals surface area contributed by atoms with Crippen LogP contribution in [-0.4, -0.2) is 34.8 Å². The first kappa shape index (κ1) is 15.8. The molecule has 0 atom stereocenters. The van der Waals surface area contributed by atoms with Gasteiger partial charge < -0.3 is 15.2 Å². The van der Waals surface area contributed by atoms with Gasteiger partial charge in [-0.25, -0.2) is 0 Å². The molecule has 24 heavy (non-hydrogen) atoms. The van der Waals surface area contributed by atoms with Crippen LogP contribution in [0.5, 0.6) is 0 Å². The highest BCUT2D eigenvalue weighted by Gasteiger charge is 2.20. The predicted molar refractivity (Wildman–Crippen MR) is 89.8 cm³/mol. The third-order valence-corrected chi connectivity index (χ3v) is 4.17. The van der Waals surface area contributed by atoms with Crippen molar-refractivity contribution in [3.8, 4) is 6.07 Å². The third kappa shape index (κ3) is 3.15. The number of aromatic amines is 1. The summed E-state index contributed by atoms with van der Waals surface area (Å²) >= 11 is 0. The van der Waals surface area contributed by atoms with Crippen molar-refractivity contribution in [1.82, 2.24) is 9.88 Å². The molecule has 1 saturated heterocycles. The van der Waals surface area contributed by atoms with E-state index in [4.69, 9.17) is 5.26 Å². The number of carbonyl (C=O) groups excluding carboxylic acids is 2. The van der Waals surface area contributed by atoms with Gasteiger partial charge in [-0.2, -0.15) is 5.26 Å². The molecule has 0 radical (unpaired) electrons. The van der Waals surface area contributed by atoms with Crippen molar-refractivity contribution >= 4 is 17.5 Å². The smallest absolute Gasteiger partial charge is 0.272 e. The summed E-state index contributed by atoms with van der Waals surface area (Å²) in [5.41, 5.74) is 2.83. The van der Waals surface area contributed by atoms with Crippen molar-refractivity contribution in [3.63, 3.8) is 0 Å². The molecular weight excluding hydrogens is 304 g/mol. The van der Waals surface area contributed by atoms with Crippen LogP contribution in [0.4, 0.5) is 5.69 Å². The lowest BCUT2D eigenvalue weighted by atomic mass is 10.1. The fraction of sp³-hybridized carbons (Fsp3) is 0.278. The average Bonchev–Trinajstić information content (AvgIpc) is 3.27. The molecule has 2 amide bonds. The molecule has 122 valence electrons. The van der Waals surface area contributed by atoms with Crippen LogP contribution in [0.2, 0.25) is 0 Å². The Kier molecular flexibility index (Phi) is 4.34. The molecule has 0 aliphatic carbocycles. The van der Waals surface area contributed by atoms with Gasteiger partial charge in [0.2, 0.25) is 0 Å². The first-order chi connectivity index (χ1) is 11.6. The van der Waals surface area contributed by atoms with Crippen molar-refractivity contribution < 1.29 is 9.59 Å². The maximum absolute atomic E-state index is 12.4. The monoisotopic (exact) mass is 322 g/mol. The highest BCUT2D eigenvalue weighted by Crippen LogP contribution is 2.20. The van der Waals surface area contributed by atoms with Gasteiger partial charge in [0, 0.05) is 30.5 Å². The number of nitrogens with one attached hydrogen (secondary N) is 2. The molecule has 3 rings (SSSR count). The van der Waals surface area contributed by atoms with Gasteiger partial charge in [0.25, 0.3) is 11.8 Å². The van der Waals surface area contributed by atoms with Crippen molar-refractivity contribution in [2.75, 3.05) is 18.4 Å². The molecule has 0 unspecified atom stereocenters. The van der Waals surface area contributed by atoms with Gasteiger partial charge in [0.1, 0.15) is 11.8 Å². The summed E-state index contributed by atoms with van der Waals surface area (Å²) in [6.45, 7) is 3.47. The van der Waals surface area contributed by atoms with Gasteiger partial charge in [-0.05, 0) is 49.6 Å². The van der Waals surface area contributed by atoms with Crippen LogP contribution >= 0.6 is 0 Å². The van der Waals surface area contributed by atoms with Gasteiger partial charge in [-0.15, -0.1) is 0 Å². The van der Waals surface area contributed by atoms with E-state index in [1.54, 1.807) is 18.2 Å². The number of nitriles is 1. The summed E-state index contributed by atoms with van der Waals surface area (Å²) in [6, 6.07) is 8.74. The fourth-order valence-electron chi connectivity index (χ4n) is 2.82. The topological polar surface area (TPSA) is 89.0 Å². The van der Waals surface area contributed by atoms with Crippen LogP contribution in [0.15, 0.2) is 30.5 Å². The van der Waals surface area contributed by atoms with E-state index in [0.717, 1.165) is 31.5 Å². The van der Waals surface area contributed by atoms with Crippen LogP contribution in [0.3, 0.4) is 0 Å². The third-order valence-electron chi connectivity index (χ3n) is 4.17. The van der Waals surface area contributed by atoms with Gasteiger partial charge in [0.05, 0.1) is 5.56 Å². The van der Waals surface area contributed by atoms with Gasteiger partial charge in [-0.1, -0.05) is 0 Å². The lowest BCUT2D eigenvalue weighted by molar-refractivity contribution is 0.0792. The largest absolute Gasteiger partial charge is 0.356 e. The number of anilines is 1. The number of aryl methyl sites for hydroxylation is 1. The minimum atomic E-state index is -0.321. The second-order valence-corrected chi connectivity index (χ2v) is 5.90. The van der Waals surface area contributed by atoms with Crippen molar-refractivity contribution in [3.05, 3.63) is 52.8 Å². The van der Waals surface area contributed by atoms with E-state index in [2.05, 4.69) is 10.3 Å². The Balaban J connectivity index is 1.74. The lowest BCUT2D eigenvalue weighted by Crippen LogP contribution is -2.27. The minimum absolute atomic E-state index is 0.0384. The van der Waals surface area contributed by atoms with Gasteiger partial charge in [0.15, 0.2) is 0 Å². The summed E-state index contributed by atoms with van der Waals surface area (Å²) < 4.78 is 0. The predicted octanol–water partition coefficient (Wildman–Crippen LogP) is 2.68. The molecule has 0 bridgehead atoms. The molecule has 6 heteroatoms. The molecule has 2 heterocycles. The van der Waals surface area contributed by atoms with E-state index >= 15 is 0 Å². The number of carbonyl (C=O) groups is 2. The quantitative estimate of drug-likeness (QED) is 0.910. The molecule has 1 fully saturated rings. The molecule has 1 aliphatic rings. The number of aromatic nitrogens is 1. The van der Waals surface area contributed by atoms with E-state index in [9.17, 15) is 9.59 Å². The zero-order valence-electron chi connectivity index (χ0n) is 13.4. The summed E-state index contributed by atoms with van der Waals surface area (Å²) in [4.78, 5) is 29.2. The first-order valence-electron chi connectivity index (χ1n) is 7.88. The Morgan fingerprint density at radius 3 is 2.62 bits per heavy atom. The lowest BCUT2D eigenvalue weighted by Gasteiger charge is -2.16. The average molecular weight is 322 g/mol. The van der Waals surface area contributed by atoms with E-state index < -0.39 is 0 Å². The highest BCUT2D eigenvalue weighted by atomic mass is 16.2. The highest BCUT2D eigenvalue weighted by molar-refractivity contribution is 6.04. The Labute approximate surface area is 140 Å². The molecule has 6 nitrogen and oxygen atoms in total. The maximum Gasteiger partial charge on any atom is 0.272 e. The maximum atomic E-state index is 12.4. The van der Waals surface area contributed by atoms with Crippen LogP contribution in [0.1, 0.15) is 44.8 Å². The Morgan fingerprint density at radius 2 is 2.00 bits per heavy atom. The molecule has 2 N–H and O–H groups in total. The normalized spacial score (nSPS) is 13.6. The Morgan fingerprint density at radius 1 is 1.25 bits per heavy atom. The fourth-order valence-corrected chi connectivity index (χ4v) is 2.82. The second-order valence-electron chi connectivity index (χ2n) is 5.90. The van der Waals surface area contributed by atoms with Gasteiger partial charge >= 0.3 is 0 Å². The Bertz CT molecular complexity index is 826. The molecule has 1 aromatic carbocycles. The number of hydrogen-bond acceptors (Lipinski definition) is 3. The van der Waals surface area contributed by atoms with Crippen LogP contribution in [-0.2, 0) is 0 Å². The van der Waals surface area contributed by atoms with Gasteiger partial charge in [-0.3, -0.25) is 9.59 Å².